The van der Waals surface area contributed by atoms with E-state index >= 15 is 0 Å². The molecule has 0 atom stereocenters. The van der Waals surface area contributed by atoms with Crippen molar-refractivity contribution in [2.45, 2.75) is 6.92 Å². The summed E-state index contributed by atoms with van der Waals surface area (Å²) in [5.41, 5.74) is 4.15. The van der Waals surface area contributed by atoms with Gasteiger partial charge in [0.1, 0.15) is 0 Å². The standard InChI is InChI=1S/C12H12N4/c1-8-3-4-9-10(7-8)16-6-5-14-12(16)11(13-2)15-9/h3-7H,1-2H3,(H,13,15). The van der Waals surface area contributed by atoms with E-state index in [4.69, 9.17) is 0 Å². The van der Waals surface area contributed by atoms with E-state index in [1.54, 1.807) is 6.20 Å². The van der Waals surface area contributed by atoms with Crippen LogP contribution in [0.5, 0.6) is 0 Å². The van der Waals surface area contributed by atoms with Gasteiger partial charge in [-0.2, -0.15) is 0 Å². The van der Waals surface area contributed by atoms with E-state index in [1.807, 2.05) is 19.3 Å². The van der Waals surface area contributed by atoms with Gasteiger partial charge < -0.3 is 5.32 Å². The molecule has 4 nitrogen and oxygen atoms in total. The summed E-state index contributed by atoms with van der Waals surface area (Å²) in [6.07, 6.45) is 3.75. The van der Waals surface area contributed by atoms with E-state index < -0.39 is 0 Å². The number of aryl methyl sites for hydroxylation is 1. The fraction of sp³-hybridized carbons (Fsp3) is 0.167. The van der Waals surface area contributed by atoms with Gasteiger partial charge in [0.05, 0.1) is 11.0 Å². The molecule has 16 heavy (non-hydrogen) atoms. The molecule has 3 rings (SSSR count). The lowest BCUT2D eigenvalue weighted by atomic mass is 10.2. The van der Waals surface area contributed by atoms with Crippen LogP contribution in [-0.2, 0) is 0 Å². The first-order chi connectivity index (χ1) is 7.79. The van der Waals surface area contributed by atoms with E-state index in [0.29, 0.717) is 0 Å². The third kappa shape index (κ3) is 1.16. The largest absolute Gasteiger partial charge is 0.370 e. The number of hydrogen-bond acceptors (Lipinski definition) is 3. The molecule has 0 amide bonds. The first kappa shape index (κ1) is 9.15. The van der Waals surface area contributed by atoms with E-state index in [1.165, 1.54) is 5.56 Å². The highest BCUT2D eigenvalue weighted by Gasteiger charge is 2.07. The van der Waals surface area contributed by atoms with Crippen LogP contribution >= 0.6 is 0 Å². The van der Waals surface area contributed by atoms with Crippen molar-refractivity contribution in [2.24, 2.45) is 0 Å². The zero-order valence-corrected chi connectivity index (χ0v) is 9.23. The third-order valence-electron chi connectivity index (χ3n) is 2.71. The van der Waals surface area contributed by atoms with Crippen LogP contribution < -0.4 is 5.32 Å². The van der Waals surface area contributed by atoms with Gasteiger partial charge in [0.2, 0.25) is 0 Å². The van der Waals surface area contributed by atoms with Crippen molar-refractivity contribution < 1.29 is 0 Å². The minimum Gasteiger partial charge on any atom is -0.370 e. The van der Waals surface area contributed by atoms with Crippen molar-refractivity contribution in [1.29, 1.82) is 0 Å². The Balaban J connectivity index is 2.54. The molecule has 4 heteroatoms. The highest BCUT2D eigenvalue weighted by atomic mass is 15.1. The predicted molar refractivity (Wildman–Crippen MR) is 64.8 cm³/mol. The van der Waals surface area contributed by atoms with Crippen LogP contribution in [-0.4, -0.2) is 21.4 Å². The molecule has 1 aromatic carbocycles. The quantitative estimate of drug-likeness (QED) is 0.672. The fourth-order valence-electron chi connectivity index (χ4n) is 1.93. The van der Waals surface area contributed by atoms with Gasteiger partial charge in [-0.15, -0.1) is 0 Å². The Hall–Kier alpha value is -2.10. The number of imidazole rings is 1. The molecule has 0 saturated carbocycles. The zero-order valence-electron chi connectivity index (χ0n) is 9.23. The Morgan fingerprint density at radius 2 is 2.19 bits per heavy atom. The summed E-state index contributed by atoms with van der Waals surface area (Å²) in [5, 5.41) is 3.07. The first-order valence-corrected chi connectivity index (χ1v) is 5.21. The number of aromatic nitrogens is 3. The molecule has 0 aliphatic carbocycles. The van der Waals surface area contributed by atoms with E-state index in [2.05, 4.69) is 38.7 Å². The van der Waals surface area contributed by atoms with Crippen molar-refractivity contribution >= 4 is 22.5 Å². The van der Waals surface area contributed by atoms with Gasteiger partial charge in [-0.3, -0.25) is 4.40 Å². The highest BCUT2D eigenvalue weighted by molar-refractivity contribution is 5.83. The highest BCUT2D eigenvalue weighted by Crippen LogP contribution is 2.20. The normalized spacial score (nSPS) is 11.1. The second-order valence-electron chi connectivity index (χ2n) is 3.82. The lowest BCUT2D eigenvalue weighted by Gasteiger charge is -2.07. The Bertz CT molecular complexity index is 669. The van der Waals surface area contributed by atoms with Crippen LogP contribution in [0.1, 0.15) is 5.56 Å². The number of anilines is 1. The second kappa shape index (κ2) is 3.20. The summed E-state index contributed by atoms with van der Waals surface area (Å²) < 4.78 is 2.06. The number of benzene rings is 1. The maximum Gasteiger partial charge on any atom is 0.180 e. The maximum absolute atomic E-state index is 4.54. The Kier molecular flexibility index (Phi) is 1.83. The minimum absolute atomic E-state index is 0.807. The Labute approximate surface area is 93.0 Å². The van der Waals surface area contributed by atoms with Crippen molar-refractivity contribution in [3.63, 3.8) is 0 Å². The number of rotatable bonds is 1. The lowest BCUT2D eigenvalue weighted by molar-refractivity contribution is 1.19. The van der Waals surface area contributed by atoms with Crippen molar-refractivity contribution in [2.75, 3.05) is 12.4 Å². The lowest BCUT2D eigenvalue weighted by Crippen LogP contribution is -1.99. The van der Waals surface area contributed by atoms with Crippen molar-refractivity contribution in [1.82, 2.24) is 14.4 Å². The molecule has 0 aliphatic heterocycles. The SMILES string of the molecule is CNc1nc2ccc(C)cc2n2ccnc12. The minimum atomic E-state index is 0.807. The van der Waals surface area contributed by atoms with Gasteiger partial charge in [0.25, 0.3) is 0 Å². The summed E-state index contributed by atoms with van der Waals surface area (Å²) in [6.45, 7) is 2.08. The number of nitrogens with one attached hydrogen (secondary N) is 1. The van der Waals surface area contributed by atoms with Gasteiger partial charge in [-0.25, -0.2) is 9.97 Å². The molecule has 0 radical (unpaired) electrons. The molecule has 0 bridgehead atoms. The molecule has 3 aromatic rings. The average Bonchev–Trinajstić information content (AvgIpc) is 2.77. The van der Waals surface area contributed by atoms with E-state index in [9.17, 15) is 0 Å². The van der Waals surface area contributed by atoms with Crippen LogP contribution in [0.25, 0.3) is 16.7 Å². The van der Waals surface area contributed by atoms with E-state index in [0.717, 1.165) is 22.5 Å². The van der Waals surface area contributed by atoms with Crippen LogP contribution in [0.2, 0.25) is 0 Å². The first-order valence-electron chi connectivity index (χ1n) is 5.21. The van der Waals surface area contributed by atoms with Gasteiger partial charge in [0, 0.05) is 19.4 Å². The van der Waals surface area contributed by atoms with Gasteiger partial charge >= 0.3 is 0 Å². The van der Waals surface area contributed by atoms with Crippen molar-refractivity contribution in [3.8, 4) is 0 Å². The van der Waals surface area contributed by atoms with Crippen LogP contribution in [0.4, 0.5) is 5.82 Å². The molecule has 0 saturated heterocycles. The Morgan fingerprint density at radius 1 is 1.31 bits per heavy atom. The molecular weight excluding hydrogens is 200 g/mol. The molecule has 0 spiro atoms. The Morgan fingerprint density at radius 3 is 3.00 bits per heavy atom. The molecule has 0 fully saturated rings. The molecule has 1 N–H and O–H groups in total. The molecule has 2 aromatic heterocycles. The summed E-state index contributed by atoms with van der Waals surface area (Å²) in [5.74, 6) is 0.807. The summed E-state index contributed by atoms with van der Waals surface area (Å²) in [4.78, 5) is 8.85. The fourth-order valence-corrected chi connectivity index (χ4v) is 1.93. The van der Waals surface area contributed by atoms with Crippen LogP contribution in [0, 0.1) is 6.92 Å². The van der Waals surface area contributed by atoms with Gasteiger partial charge in [0.15, 0.2) is 11.5 Å². The summed E-state index contributed by atoms with van der Waals surface area (Å²) in [7, 11) is 1.86. The average molecular weight is 212 g/mol. The number of nitrogens with zero attached hydrogens (tertiary/aromatic N) is 3. The molecule has 2 heterocycles. The van der Waals surface area contributed by atoms with Crippen molar-refractivity contribution in [3.05, 3.63) is 36.2 Å². The van der Waals surface area contributed by atoms with Crippen LogP contribution in [0.15, 0.2) is 30.6 Å². The molecule has 80 valence electrons. The molecular formula is C12H12N4. The zero-order chi connectivity index (χ0) is 11.1. The molecule has 0 aliphatic rings. The molecule has 0 unspecified atom stereocenters. The van der Waals surface area contributed by atoms with Gasteiger partial charge in [-0.1, -0.05) is 6.07 Å². The number of hydrogen-bond donors (Lipinski definition) is 1. The summed E-state index contributed by atoms with van der Waals surface area (Å²) >= 11 is 0. The smallest absolute Gasteiger partial charge is 0.180 e. The van der Waals surface area contributed by atoms with Crippen LogP contribution in [0.3, 0.4) is 0 Å². The topological polar surface area (TPSA) is 42.2 Å². The number of fused-ring (bicyclic) bond motifs is 3. The second-order valence-corrected chi connectivity index (χ2v) is 3.82. The summed E-state index contributed by atoms with van der Waals surface area (Å²) in [6, 6.07) is 6.22. The predicted octanol–water partition coefficient (Wildman–Crippen LogP) is 2.23. The maximum atomic E-state index is 4.54. The van der Waals surface area contributed by atoms with E-state index in [-0.39, 0.29) is 0 Å². The third-order valence-corrected chi connectivity index (χ3v) is 2.71. The monoisotopic (exact) mass is 212 g/mol. The van der Waals surface area contributed by atoms with Gasteiger partial charge in [-0.05, 0) is 24.6 Å².